The lowest BCUT2D eigenvalue weighted by atomic mass is 9.89. The van der Waals surface area contributed by atoms with Gasteiger partial charge in [-0.15, -0.1) is 0 Å². The predicted molar refractivity (Wildman–Crippen MR) is 43.0 cm³/mol. The van der Waals surface area contributed by atoms with E-state index in [0.29, 0.717) is 6.10 Å². The lowest BCUT2D eigenvalue weighted by Gasteiger charge is -2.25. The van der Waals surface area contributed by atoms with Gasteiger partial charge in [0.1, 0.15) is 6.61 Å². The molecule has 0 aromatic heterocycles. The average molecular weight is 153 g/mol. The van der Waals surface area contributed by atoms with E-state index in [9.17, 15) is 0 Å². The molecule has 1 aliphatic carbocycles. The summed E-state index contributed by atoms with van der Waals surface area (Å²) < 4.78 is 5.34. The minimum Gasteiger partial charge on any atom is -0.363 e. The molecule has 0 spiro atoms. The summed E-state index contributed by atoms with van der Waals surface area (Å²) in [5.41, 5.74) is 0. The summed E-state index contributed by atoms with van der Waals surface area (Å²) in [7, 11) is 0. The van der Waals surface area contributed by atoms with Crippen LogP contribution < -0.4 is 0 Å². The first-order valence-electron chi connectivity index (χ1n) is 4.31. The first kappa shape index (κ1) is 8.55. The van der Waals surface area contributed by atoms with Crippen LogP contribution in [0.5, 0.6) is 0 Å². The van der Waals surface area contributed by atoms with E-state index in [2.05, 4.69) is 6.92 Å². The first-order valence-corrected chi connectivity index (χ1v) is 4.31. The fraction of sp³-hybridized carbons (Fsp3) is 0.889. The monoisotopic (exact) mass is 153 g/mol. The minimum atomic E-state index is 0.261. The highest BCUT2D eigenvalue weighted by Gasteiger charge is 2.18. The van der Waals surface area contributed by atoms with Crippen molar-refractivity contribution in [2.45, 2.75) is 38.7 Å². The third-order valence-electron chi connectivity index (χ3n) is 2.27. The van der Waals surface area contributed by atoms with Gasteiger partial charge in [-0.3, -0.25) is 0 Å². The van der Waals surface area contributed by atoms with Crippen molar-refractivity contribution in [3.05, 3.63) is 0 Å². The Hall–Kier alpha value is -0.550. The van der Waals surface area contributed by atoms with E-state index in [1.165, 1.54) is 12.8 Å². The van der Waals surface area contributed by atoms with Gasteiger partial charge in [0.05, 0.1) is 12.2 Å². The summed E-state index contributed by atoms with van der Waals surface area (Å²) in [6, 6.07) is 2.01. The zero-order valence-corrected chi connectivity index (χ0v) is 7.05. The molecule has 0 N–H and O–H groups in total. The summed E-state index contributed by atoms with van der Waals surface area (Å²) >= 11 is 0. The summed E-state index contributed by atoms with van der Waals surface area (Å²) in [4.78, 5) is 0. The molecule has 1 fully saturated rings. The molecule has 2 unspecified atom stereocenters. The normalized spacial score (nSPS) is 31.3. The van der Waals surface area contributed by atoms with Crippen LogP contribution in [0.2, 0.25) is 0 Å². The number of hydrogen-bond acceptors (Lipinski definition) is 2. The second kappa shape index (κ2) is 4.35. The van der Waals surface area contributed by atoms with Gasteiger partial charge < -0.3 is 4.74 Å². The maximum atomic E-state index is 8.29. The van der Waals surface area contributed by atoms with E-state index in [1.54, 1.807) is 0 Å². The van der Waals surface area contributed by atoms with E-state index < -0.39 is 0 Å². The van der Waals surface area contributed by atoms with Gasteiger partial charge in [-0.2, -0.15) is 5.26 Å². The Balaban J connectivity index is 2.18. The summed E-state index contributed by atoms with van der Waals surface area (Å²) in [6.45, 7) is 2.51. The Morgan fingerprint density at radius 3 is 3.00 bits per heavy atom. The molecule has 0 amide bonds. The van der Waals surface area contributed by atoms with Crippen LogP contribution in [0.15, 0.2) is 0 Å². The Labute approximate surface area is 68.2 Å². The van der Waals surface area contributed by atoms with Crippen molar-refractivity contribution in [3.63, 3.8) is 0 Å². The predicted octanol–water partition coefficient (Wildman–Crippen LogP) is 2.11. The molecule has 62 valence electrons. The van der Waals surface area contributed by atoms with Crippen LogP contribution in [-0.2, 0) is 4.74 Å². The second-order valence-electron chi connectivity index (χ2n) is 3.36. The lowest BCUT2D eigenvalue weighted by molar-refractivity contribution is 0.0343. The first-order chi connectivity index (χ1) is 5.33. The van der Waals surface area contributed by atoms with E-state index >= 15 is 0 Å². The Morgan fingerprint density at radius 1 is 1.55 bits per heavy atom. The smallest absolute Gasteiger partial charge is 0.134 e. The standard InChI is InChI=1S/C9H15NO/c1-8-3-2-4-9(7-8)11-6-5-10/h8-9H,2-4,6-7H2,1H3. The van der Waals surface area contributed by atoms with Crippen LogP contribution in [0.25, 0.3) is 0 Å². The highest BCUT2D eigenvalue weighted by atomic mass is 16.5. The van der Waals surface area contributed by atoms with Crippen molar-refractivity contribution < 1.29 is 4.74 Å². The molecule has 11 heavy (non-hydrogen) atoms. The Morgan fingerprint density at radius 2 is 2.36 bits per heavy atom. The van der Waals surface area contributed by atoms with Crippen LogP contribution in [0.3, 0.4) is 0 Å². The van der Waals surface area contributed by atoms with Gasteiger partial charge in [0.25, 0.3) is 0 Å². The van der Waals surface area contributed by atoms with Crippen molar-refractivity contribution >= 4 is 0 Å². The van der Waals surface area contributed by atoms with E-state index in [-0.39, 0.29) is 6.61 Å². The fourth-order valence-electron chi connectivity index (χ4n) is 1.68. The van der Waals surface area contributed by atoms with Crippen LogP contribution in [0.1, 0.15) is 32.6 Å². The van der Waals surface area contributed by atoms with Crippen molar-refractivity contribution in [1.82, 2.24) is 0 Å². The molecule has 2 heteroatoms. The zero-order chi connectivity index (χ0) is 8.10. The molecule has 0 aromatic carbocycles. The van der Waals surface area contributed by atoms with Crippen molar-refractivity contribution in [1.29, 1.82) is 5.26 Å². The molecule has 1 saturated carbocycles. The number of nitrogens with zero attached hydrogens (tertiary/aromatic N) is 1. The van der Waals surface area contributed by atoms with Crippen LogP contribution in [0, 0.1) is 17.2 Å². The molecule has 0 saturated heterocycles. The molecule has 1 rings (SSSR count). The van der Waals surface area contributed by atoms with Gasteiger partial charge in [-0.1, -0.05) is 19.8 Å². The molecular weight excluding hydrogens is 138 g/mol. The molecular formula is C9H15NO. The molecule has 2 nitrogen and oxygen atoms in total. The average Bonchev–Trinajstić information content (AvgIpc) is 2.01. The summed E-state index contributed by atoms with van der Waals surface area (Å²) in [5.74, 6) is 0.785. The van der Waals surface area contributed by atoms with Gasteiger partial charge in [-0.05, 0) is 18.8 Å². The topological polar surface area (TPSA) is 33.0 Å². The summed E-state index contributed by atoms with van der Waals surface area (Å²) in [5, 5.41) is 8.29. The number of hydrogen-bond donors (Lipinski definition) is 0. The molecule has 2 atom stereocenters. The SMILES string of the molecule is CC1CCCC(OCC#N)C1. The molecule has 0 heterocycles. The van der Waals surface area contributed by atoms with E-state index in [1.807, 2.05) is 6.07 Å². The van der Waals surface area contributed by atoms with Crippen molar-refractivity contribution in [3.8, 4) is 6.07 Å². The quantitative estimate of drug-likeness (QED) is 0.608. The molecule has 1 aliphatic rings. The third kappa shape index (κ3) is 2.90. The number of ether oxygens (including phenoxy) is 1. The number of rotatable bonds is 2. The fourth-order valence-corrected chi connectivity index (χ4v) is 1.68. The Bertz CT molecular complexity index is 150. The van der Waals surface area contributed by atoms with Gasteiger partial charge in [0.2, 0.25) is 0 Å². The highest BCUT2D eigenvalue weighted by molar-refractivity contribution is 4.74. The van der Waals surface area contributed by atoms with Gasteiger partial charge >= 0.3 is 0 Å². The molecule has 0 aliphatic heterocycles. The minimum absolute atomic E-state index is 0.261. The molecule has 0 aromatic rings. The molecule has 0 radical (unpaired) electrons. The third-order valence-corrected chi connectivity index (χ3v) is 2.27. The maximum Gasteiger partial charge on any atom is 0.134 e. The lowest BCUT2D eigenvalue weighted by Crippen LogP contribution is -2.21. The van der Waals surface area contributed by atoms with Gasteiger partial charge in [0.15, 0.2) is 0 Å². The van der Waals surface area contributed by atoms with Crippen LogP contribution in [-0.4, -0.2) is 12.7 Å². The van der Waals surface area contributed by atoms with Crippen molar-refractivity contribution in [2.24, 2.45) is 5.92 Å². The number of nitriles is 1. The summed E-state index contributed by atoms with van der Waals surface area (Å²) in [6.07, 6.45) is 5.23. The Kier molecular flexibility index (Phi) is 3.38. The maximum absolute atomic E-state index is 8.29. The van der Waals surface area contributed by atoms with E-state index in [0.717, 1.165) is 18.8 Å². The van der Waals surface area contributed by atoms with E-state index in [4.69, 9.17) is 10.00 Å². The highest BCUT2D eigenvalue weighted by Crippen LogP contribution is 2.25. The zero-order valence-electron chi connectivity index (χ0n) is 7.05. The second-order valence-corrected chi connectivity index (χ2v) is 3.36. The van der Waals surface area contributed by atoms with Crippen LogP contribution >= 0.6 is 0 Å². The molecule has 0 bridgehead atoms. The van der Waals surface area contributed by atoms with Crippen LogP contribution in [0.4, 0.5) is 0 Å². The van der Waals surface area contributed by atoms with Gasteiger partial charge in [0, 0.05) is 0 Å². The van der Waals surface area contributed by atoms with Gasteiger partial charge in [-0.25, -0.2) is 0 Å². The van der Waals surface area contributed by atoms with Crippen molar-refractivity contribution in [2.75, 3.05) is 6.61 Å². The largest absolute Gasteiger partial charge is 0.363 e.